The fourth-order valence-electron chi connectivity index (χ4n) is 4.12. The number of ether oxygens (including phenoxy) is 1. The van der Waals surface area contributed by atoms with Crippen molar-refractivity contribution < 1.29 is 24.5 Å². The Bertz CT molecular complexity index is 861. The zero-order chi connectivity index (χ0) is 21.7. The zero-order valence-electron chi connectivity index (χ0n) is 16.1. The summed E-state index contributed by atoms with van der Waals surface area (Å²) in [6, 6.07) is 4.20. The van der Waals surface area contributed by atoms with Gasteiger partial charge in [-0.2, -0.15) is 5.10 Å². The second-order valence-electron chi connectivity index (χ2n) is 7.46. The monoisotopic (exact) mass is 455 g/mol. The maximum absolute atomic E-state index is 12.0. The van der Waals surface area contributed by atoms with Crippen molar-refractivity contribution in [3.05, 3.63) is 39.9 Å². The first kappa shape index (κ1) is 22.6. The van der Waals surface area contributed by atoms with Crippen LogP contribution in [0.5, 0.6) is 0 Å². The molecule has 0 heterocycles. The third-order valence-electron chi connectivity index (χ3n) is 5.42. The Kier molecular flexibility index (Phi) is 7.71. The first-order chi connectivity index (χ1) is 14.3. The number of fused-ring (bicyclic) bond motifs is 1. The van der Waals surface area contributed by atoms with Gasteiger partial charge in [0.25, 0.3) is 0 Å². The van der Waals surface area contributed by atoms with E-state index in [9.17, 15) is 14.7 Å². The van der Waals surface area contributed by atoms with Crippen LogP contribution in [0, 0.1) is 17.8 Å². The first-order valence-electron chi connectivity index (χ1n) is 9.54. The second kappa shape index (κ2) is 10.3. The van der Waals surface area contributed by atoms with Crippen molar-refractivity contribution in [1.82, 2.24) is 5.43 Å². The molecule has 10 heteroatoms. The van der Waals surface area contributed by atoms with Gasteiger partial charge in [-0.15, -0.1) is 0 Å². The van der Waals surface area contributed by atoms with E-state index < -0.39 is 18.1 Å². The highest BCUT2D eigenvalue weighted by Gasteiger charge is 2.45. The lowest BCUT2D eigenvalue weighted by Crippen LogP contribution is -2.27. The van der Waals surface area contributed by atoms with Gasteiger partial charge in [0.15, 0.2) is 0 Å². The van der Waals surface area contributed by atoms with Gasteiger partial charge < -0.3 is 20.3 Å². The zero-order valence-corrected chi connectivity index (χ0v) is 17.6. The van der Waals surface area contributed by atoms with Crippen molar-refractivity contribution in [2.24, 2.45) is 22.9 Å². The largest absolute Gasteiger partial charge is 0.480 e. The number of nitrogens with zero attached hydrogens (tertiary/aromatic N) is 1. The quantitative estimate of drug-likeness (QED) is 0.217. The van der Waals surface area contributed by atoms with Gasteiger partial charge >= 0.3 is 12.0 Å². The number of hydrogen-bond acceptors (Lipinski definition) is 5. The Labute approximate surface area is 183 Å². The van der Waals surface area contributed by atoms with Crippen LogP contribution in [0.4, 0.5) is 10.5 Å². The average molecular weight is 456 g/mol. The summed E-state index contributed by atoms with van der Waals surface area (Å²) in [5, 5.41) is 26.3. The minimum absolute atomic E-state index is 0.161. The molecule has 0 unspecified atom stereocenters. The molecule has 0 saturated heterocycles. The van der Waals surface area contributed by atoms with Crippen LogP contribution in [0.25, 0.3) is 0 Å². The average Bonchev–Trinajstić information content (AvgIpc) is 3.19. The number of carbonyl (C=O) groups excluding carboxylic acids is 1. The number of rotatable bonds is 7. The molecule has 2 saturated carbocycles. The molecule has 2 aliphatic rings. The molecule has 162 valence electrons. The van der Waals surface area contributed by atoms with Crippen molar-refractivity contribution in [3.8, 4) is 0 Å². The molecule has 4 atom stereocenters. The Morgan fingerprint density at radius 1 is 1.27 bits per heavy atom. The van der Waals surface area contributed by atoms with Gasteiger partial charge in [-0.25, -0.2) is 15.0 Å². The summed E-state index contributed by atoms with van der Waals surface area (Å²) in [6.45, 7) is -0.0561. The number of carboxylic acid groups (broad SMARTS) is 1. The summed E-state index contributed by atoms with van der Waals surface area (Å²) in [7, 11) is 0. The molecule has 30 heavy (non-hydrogen) atoms. The third-order valence-corrected chi connectivity index (χ3v) is 6.16. The fraction of sp³-hybridized carbons (Fsp3) is 0.450. The summed E-state index contributed by atoms with van der Waals surface area (Å²) >= 11 is 11.8. The van der Waals surface area contributed by atoms with E-state index >= 15 is 0 Å². The summed E-state index contributed by atoms with van der Waals surface area (Å²) in [6.07, 6.45) is 5.33. The van der Waals surface area contributed by atoms with Gasteiger partial charge in [-0.05, 0) is 49.3 Å². The molecule has 2 aliphatic carbocycles. The minimum Gasteiger partial charge on any atom is -0.480 e. The molecular formula is C20H23Cl2N3O5. The predicted molar refractivity (Wildman–Crippen MR) is 114 cm³/mol. The summed E-state index contributed by atoms with van der Waals surface area (Å²) in [5.74, 6) is -0.584. The molecule has 0 aliphatic heterocycles. The standard InChI is InChI=1S/C20H23Cl2N3O5/c21-16-2-1-13(8-17(16)22)24-20(29)25-23-9-15-14-6-11(3-4-30-10-19(27)28)5-12(14)7-18(15)26/h1-3,8-9,12,14-15,18,26H,4-7,10H2,(H,27,28)(H2,24,25,29)/b11-3-,23-9+/t12-,14-,15+,18+/m0/s1. The number of urea groups is 1. The second-order valence-corrected chi connectivity index (χ2v) is 8.27. The van der Waals surface area contributed by atoms with E-state index in [4.69, 9.17) is 33.0 Å². The molecule has 0 spiro atoms. The highest BCUT2D eigenvalue weighted by Crippen LogP contribution is 2.49. The lowest BCUT2D eigenvalue weighted by atomic mass is 9.92. The number of anilines is 1. The molecule has 1 aromatic rings. The Balaban J connectivity index is 1.50. The van der Waals surface area contributed by atoms with Crippen molar-refractivity contribution >= 4 is 47.1 Å². The molecule has 1 aromatic carbocycles. The van der Waals surface area contributed by atoms with Crippen molar-refractivity contribution in [2.75, 3.05) is 18.5 Å². The Hall–Kier alpha value is -2.13. The number of aliphatic carboxylic acids is 1. The van der Waals surface area contributed by atoms with Crippen LogP contribution in [0.15, 0.2) is 34.9 Å². The molecule has 3 rings (SSSR count). The topological polar surface area (TPSA) is 120 Å². The number of halogens is 2. The van der Waals surface area contributed by atoms with Gasteiger partial charge in [0, 0.05) is 17.8 Å². The lowest BCUT2D eigenvalue weighted by molar-refractivity contribution is -0.141. The van der Waals surface area contributed by atoms with E-state index in [1.54, 1.807) is 18.3 Å². The van der Waals surface area contributed by atoms with Gasteiger partial charge in [-0.1, -0.05) is 34.9 Å². The van der Waals surface area contributed by atoms with Gasteiger partial charge in [0.1, 0.15) is 6.61 Å². The molecule has 0 radical (unpaired) electrons. The third kappa shape index (κ3) is 5.95. The molecule has 4 N–H and O–H groups in total. The van der Waals surface area contributed by atoms with Crippen LogP contribution in [0.2, 0.25) is 10.0 Å². The van der Waals surface area contributed by atoms with E-state index in [1.807, 2.05) is 6.08 Å². The van der Waals surface area contributed by atoms with E-state index in [1.165, 1.54) is 11.6 Å². The summed E-state index contributed by atoms with van der Waals surface area (Å²) in [5.41, 5.74) is 4.08. The number of aliphatic hydroxyl groups excluding tert-OH is 1. The van der Waals surface area contributed by atoms with Crippen LogP contribution in [-0.4, -0.2) is 47.7 Å². The van der Waals surface area contributed by atoms with Gasteiger partial charge in [-0.3, -0.25) is 0 Å². The van der Waals surface area contributed by atoms with Gasteiger partial charge in [0.05, 0.1) is 22.8 Å². The maximum atomic E-state index is 12.0. The van der Waals surface area contributed by atoms with Crippen LogP contribution in [0.1, 0.15) is 19.3 Å². The highest BCUT2D eigenvalue weighted by atomic mass is 35.5. The number of hydrazone groups is 1. The molecule has 2 fully saturated rings. The smallest absolute Gasteiger partial charge is 0.339 e. The SMILES string of the molecule is O=C(O)COC/C=C1/C[C@H]2C[C@@H](O)[C@H](/C=N/NC(=O)Nc3ccc(Cl)c(Cl)c3)[C@H]2C1. The molecule has 0 aromatic heterocycles. The first-order valence-corrected chi connectivity index (χ1v) is 10.3. The van der Waals surface area contributed by atoms with Crippen molar-refractivity contribution in [2.45, 2.75) is 25.4 Å². The molecule has 2 amide bonds. The number of amides is 2. The van der Waals surface area contributed by atoms with Crippen LogP contribution in [0.3, 0.4) is 0 Å². The molecular weight excluding hydrogens is 433 g/mol. The number of nitrogens with one attached hydrogen (secondary N) is 2. The van der Waals surface area contributed by atoms with Crippen LogP contribution < -0.4 is 10.7 Å². The summed E-state index contributed by atoms with van der Waals surface area (Å²) < 4.78 is 5.06. The van der Waals surface area contributed by atoms with Gasteiger partial charge in [0.2, 0.25) is 0 Å². The molecule has 0 bridgehead atoms. The number of hydrogen-bond donors (Lipinski definition) is 4. The summed E-state index contributed by atoms with van der Waals surface area (Å²) in [4.78, 5) is 22.5. The lowest BCUT2D eigenvalue weighted by Gasteiger charge is -2.16. The van der Waals surface area contributed by atoms with Crippen molar-refractivity contribution in [1.29, 1.82) is 0 Å². The highest BCUT2D eigenvalue weighted by molar-refractivity contribution is 6.42. The predicted octanol–water partition coefficient (Wildman–Crippen LogP) is 3.54. The normalized spacial score (nSPS) is 26.8. The van der Waals surface area contributed by atoms with Crippen LogP contribution in [-0.2, 0) is 9.53 Å². The number of carboxylic acids is 1. The number of allylic oxidation sites excluding steroid dienone is 1. The number of carbonyl (C=O) groups is 2. The maximum Gasteiger partial charge on any atom is 0.339 e. The van der Waals surface area contributed by atoms with Crippen LogP contribution >= 0.6 is 23.2 Å². The van der Waals surface area contributed by atoms with E-state index in [2.05, 4.69) is 15.8 Å². The van der Waals surface area contributed by atoms with E-state index in [0.717, 1.165) is 12.8 Å². The van der Waals surface area contributed by atoms with E-state index in [0.29, 0.717) is 28.1 Å². The Morgan fingerprint density at radius 2 is 2.07 bits per heavy atom. The minimum atomic E-state index is -0.994. The van der Waals surface area contributed by atoms with Crippen molar-refractivity contribution in [3.63, 3.8) is 0 Å². The number of benzene rings is 1. The number of aliphatic hydroxyl groups is 1. The molecule has 8 nitrogen and oxygen atoms in total. The Morgan fingerprint density at radius 3 is 2.80 bits per heavy atom. The van der Waals surface area contributed by atoms with E-state index in [-0.39, 0.29) is 25.0 Å². The fourth-order valence-corrected chi connectivity index (χ4v) is 4.41.